The van der Waals surface area contributed by atoms with Crippen LogP contribution in [0.2, 0.25) is 0 Å². The Morgan fingerprint density at radius 3 is 2.87 bits per heavy atom. The number of amides is 1. The molecule has 4 rings (SSSR count). The number of nitrogens with one attached hydrogen (secondary N) is 1. The Bertz CT molecular complexity index is 904. The second kappa shape index (κ2) is 9.14. The van der Waals surface area contributed by atoms with Crippen LogP contribution in [0.4, 0.5) is 0 Å². The van der Waals surface area contributed by atoms with Gasteiger partial charge in [-0.3, -0.25) is 9.69 Å². The number of aromatic nitrogens is 3. The molecule has 1 aromatic heterocycles. The zero-order valence-corrected chi connectivity index (χ0v) is 18.1. The van der Waals surface area contributed by atoms with Crippen LogP contribution < -0.4 is 10.1 Å². The highest BCUT2D eigenvalue weighted by molar-refractivity contribution is 5.78. The molecule has 0 aliphatic carbocycles. The zero-order valence-electron chi connectivity index (χ0n) is 18.1. The molecular formula is C22H31N5O3. The minimum Gasteiger partial charge on any atom is -0.496 e. The number of benzene rings is 1. The minimum atomic E-state index is -0.0387. The first-order valence-corrected chi connectivity index (χ1v) is 10.7. The van der Waals surface area contributed by atoms with E-state index in [1.807, 2.05) is 0 Å². The third-order valence-corrected chi connectivity index (χ3v) is 6.16. The zero-order chi connectivity index (χ0) is 21.1. The van der Waals surface area contributed by atoms with Gasteiger partial charge in [0.05, 0.1) is 26.2 Å². The van der Waals surface area contributed by atoms with Crippen molar-refractivity contribution in [2.24, 2.45) is 5.92 Å². The molecule has 8 nitrogen and oxygen atoms in total. The summed E-state index contributed by atoms with van der Waals surface area (Å²) in [5.74, 6) is 2.77. The summed E-state index contributed by atoms with van der Waals surface area (Å²) in [6, 6.07) is 4.35. The molecule has 0 radical (unpaired) electrons. The van der Waals surface area contributed by atoms with Crippen molar-refractivity contribution in [2.75, 3.05) is 33.4 Å². The van der Waals surface area contributed by atoms with E-state index in [9.17, 15) is 4.79 Å². The topological polar surface area (TPSA) is 81.5 Å². The van der Waals surface area contributed by atoms with Crippen molar-refractivity contribution >= 4 is 5.91 Å². The molecule has 2 aliphatic heterocycles. The third-order valence-electron chi connectivity index (χ3n) is 6.16. The van der Waals surface area contributed by atoms with Crippen molar-refractivity contribution < 1.29 is 14.3 Å². The van der Waals surface area contributed by atoms with Crippen LogP contribution in [-0.4, -0.2) is 59.0 Å². The average molecular weight is 414 g/mol. The molecule has 0 spiro atoms. The van der Waals surface area contributed by atoms with E-state index in [0.29, 0.717) is 19.8 Å². The molecule has 1 fully saturated rings. The van der Waals surface area contributed by atoms with Gasteiger partial charge >= 0.3 is 0 Å². The number of hydrogen-bond donors (Lipinski definition) is 1. The van der Waals surface area contributed by atoms with E-state index < -0.39 is 0 Å². The van der Waals surface area contributed by atoms with Gasteiger partial charge in [-0.1, -0.05) is 6.07 Å². The monoisotopic (exact) mass is 413 g/mol. The summed E-state index contributed by atoms with van der Waals surface area (Å²) in [7, 11) is 1.72. The lowest BCUT2D eigenvalue weighted by molar-refractivity contribution is -0.125. The Morgan fingerprint density at radius 2 is 2.10 bits per heavy atom. The van der Waals surface area contributed by atoms with Crippen LogP contribution in [0.15, 0.2) is 12.1 Å². The van der Waals surface area contributed by atoms with Crippen molar-refractivity contribution in [1.29, 1.82) is 0 Å². The number of carbonyl (C=O) groups is 1. The fourth-order valence-corrected chi connectivity index (χ4v) is 4.25. The predicted octanol–water partition coefficient (Wildman–Crippen LogP) is 1.61. The molecule has 1 atom stereocenters. The first kappa shape index (κ1) is 20.8. The smallest absolute Gasteiger partial charge is 0.225 e. The highest BCUT2D eigenvalue weighted by Crippen LogP contribution is 2.24. The molecule has 162 valence electrons. The van der Waals surface area contributed by atoms with Gasteiger partial charge in [-0.25, -0.2) is 0 Å². The normalized spacial score (nSPS) is 19.4. The third kappa shape index (κ3) is 4.49. The van der Waals surface area contributed by atoms with E-state index in [-0.39, 0.29) is 11.8 Å². The second-order valence-electron chi connectivity index (χ2n) is 8.24. The SMILES string of the molecule is COc1cc(C)c(CN2CCc3nnc(CNC(=O)[C@H]4CCOC4)n3CC2)cc1C. The van der Waals surface area contributed by atoms with Crippen molar-refractivity contribution in [2.45, 2.75) is 46.3 Å². The maximum atomic E-state index is 12.3. The number of nitrogens with zero attached hydrogens (tertiary/aromatic N) is 4. The number of hydrogen-bond acceptors (Lipinski definition) is 6. The number of carbonyl (C=O) groups excluding carboxylic acids is 1. The summed E-state index contributed by atoms with van der Waals surface area (Å²) >= 11 is 0. The van der Waals surface area contributed by atoms with E-state index in [0.717, 1.165) is 62.0 Å². The first-order valence-electron chi connectivity index (χ1n) is 10.7. The maximum absolute atomic E-state index is 12.3. The molecule has 1 saturated heterocycles. The van der Waals surface area contributed by atoms with Crippen molar-refractivity contribution in [3.8, 4) is 5.75 Å². The quantitative estimate of drug-likeness (QED) is 0.775. The van der Waals surface area contributed by atoms with Crippen LogP contribution in [0.3, 0.4) is 0 Å². The van der Waals surface area contributed by atoms with E-state index in [1.54, 1.807) is 7.11 Å². The standard InChI is InChI=1S/C22H31N5O3/c1-15-11-19(29-3)16(2)10-18(15)13-26-6-4-20-24-25-21(27(20)8-7-26)12-23-22(28)17-5-9-30-14-17/h10-11,17H,4-9,12-14H2,1-3H3,(H,23,28)/t17-/m0/s1. The fraction of sp³-hybridized carbons (Fsp3) is 0.591. The lowest BCUT2D eigenvalue weighted by Crippen LogP contribution is -2.32. The van der Waals surface area contributed by atoms with Gasteiger partial charge in [0.2, 0.25) is 5.91 Å². The van der Waals surface area contributed by atoms with Crippen LogP contribution in [0.1, 0.15) is 34.8 Å². The second-order valence-corrected chi connectivity index (χ2v) is 8.24. The molecule has 1 aromatic carbocycles. The molecule has 1 N–H and O–H groups in total. The molecule has 1 amide bonds. The van der Waals surface area contributed by atoms with Gasteiger partial charge in [-0.15, -0.1) is 10.2 Å². The number of ether oxygens (including phenoxy) is 2. The molecule has 2 aromatic rings. The minimum absolute atomic E-state index is 0.0387. The van der Waals surface area contributed by atoms with Gasteiger partial charge in [0.15, 0.2) is 5.82 Å². The van der Waals surface area contributed by atoms with Crippen LogP contribution in [0.5, 0.6) is 5.75 Å². The van der Waals surface area contributed by atoms with Gasteiger partial charge in [0.1, 0.15) is 11.6 Å². The molecule has 0 bridgehead atoms. The molecule has 8 heteroatoms. The molecule has 30 heavy (non-hydrogen) atoms. The Labute approximate surface area is 177 Å². The first-order chi connectivity index (χ1) is 14.5. The van der Waals surface area contributed by atoms with Crippen molar-refractivity contribution in [1.82, 2.24) is 25.0 Å². The van der Waals surface area contributed by atoms with E-state index in [1.165, 1.54) is 11.1 Å². The number of rotatable bonds is 6. The predicted molar refractivity (Wildman–Crippen MR) is 112 cm³/mol. The highest BCUT2D eigenvalue weighted by Gasteiger charge is 2.24. The van der Waals surface area contributed by atoms with Crippen LogP contribution in [0.25, 0.3) is 0 Å². The summed E-state index contributed by atoms with van der Waals surface area (Å²) in [5, 5.41) is 11.7. The molecule has 0 unspecified atom stereocenters. The maximum Gasteiger partial charge on any atom is 0.225 e. The van der Waals surface area contributed by atoms with Crippen molar-refractivity contribution in [3.05, 3.63) is 40.5 Å². The van der Waals surface area contributed by atoms with E-state index in [4.69, 9.17) is 9.47 Å². The average Bonchev–Trinajstić information content (AvgIpc) is 3.37. The summed E-state index contributed by atoms with van der Waals surface area (Å²) in [4.78, 5) is 14.7. The number of methoxy groups -OCH3 is 1. The Kier molecular flexibility index (Phi) is 6.34. The van der Waals surface area contributed by atoms with Gasteiger partial charge in [0.25, 0.3) is 0 Å². The molecule has 0 saturated carbocycles. The summed E-state index contributed by atoms with van der Waals surface area (Å²) in [5.41, 5.74) is 3.74. The molecule has 2 aliphatic rings. The molecular weight excluding hydrogens is 382 g/mol. The Balaban J connectivity index is 1.37. The Hall–Kier alpha value is -2.45. The molecule has 3 heterocycles. The van der Waals surface area contributed by atoms with E-state index in [2.05, 4.69) is 51.0 Å². The van der Waals surface area contributed by atoms with Gasteiger partial charge in [-0.2, -0.15) is 0 Å². The summed E-state index contributed by atoms with van der Waals surface area (Å²) in [6.45, 7) is 9.42. The van der Waals surface area contributed by atoms with Crippen LogP contribution >= 0.6 is 0 Å². The van der Waals surface area contributed by atoms with Gasteiger partial charge < -0.3 is 19.4 Å². The number of fused-ring (bicyclic) bond motifs is 1. The van der Waals surface area contributed by atoms with Gasteiger partial charge in [-0.05, 0) is 43.0 Å². The van der Waals surface area contributed by atoms with Crippen LogP contribution in [0, 0.1) is 19.8 Å². The largest absolute Gasteiger partial charge is 0.496 e. The lowest BCUT2D eigenvalue weighted by atomic mass is 10.0. The highest BCUT2D eigenvalue weighted by atomic mass is 16.5. The van der Waals surface area contributed by atoms with E-state index >= 15 is 0 Å². The van der Waals surface area contributed by atoms with Crippen LogP contribution in [-0.2, 0) is 35.6 Å². The van der Waals surface area contributed by atoms with Crippen molar-refractivity contribution in [3.63, 3.8) is 0 Å². The summed E-state index contributed by atoms with van der Waals surface area (Å²) in [6.07, 6.45) is 1.65. The summed E-state index contributed by atoms with van der Waals surface area (Å²) < 4.78 is 12.9. The number of aryl methyl sites for hydroxylation is 2. The lowest BCUT2D eigenvalue weighted by Gasteiger charge is -2.21. The van der Waals surface area contributed by atoms with Gasteiger partial charge in [0, 0.05) is 39.2 Å². The Morgan fingerprint density at radius 1 is 1.23 bits per heavy atom. The fourth-order valence-electron chi connectivity index (χ4n) is 4.25.